The Labute approximate surface area is 180 Å². The van der Waals surface area contributed by atoms with E-state index in [0.29, 0.717) is 5.56 Å². The second kappa shape index (κ2) is 8.98. The van der Waals surface area contributed by atoms with Crippen LogP contribution in [0.2, 0.25) is 5.02 Å². The number of carboxylic acids is 2. The van der Waals surface area contributed by atoms with E-state index in [4.69, 9.17) is 26.2 Å². The van der Waals surface area contributed by atoms with Gasteiger partial charge in [0.2, 0.25) is 0 Å². The Hall–Kier alpha value is -4.35. The van der Waals surface area contributed by atoms with Crippen molar-refractivity contribution in [2.24, 2.45) is 0 Å². The molecule has 0 aliphatic heterocycles. The Morgan fingerprint density at radius 1 is 1.00 bits per heavy atom. The number of hydrogen-bond donors (Lipinski definition) is 3. The number of anilines is 1. The van der Waals surface area contributed by atoms with Gasteiger partial charge in [-0.2, -0.15) is 5.26 Å². The van der Waals surface area contributed by atoms with Gasteiger partial charge in [0.1, 0.15) is 23.2 Å². The lowest BCUT2D eigenvalue weighted by molar-refractivity contribution is -0.112. The van der Waals surface area contributed by atoms with Crippen LogP contribution in [0.4, 0.5) is 5.69 Å². The first-order chi connectivity index (χ1) is 14.8. The van der Waals surface area contributed by atoms with Crippen LogP contribution in [0, 0.1) is 11.3 Å². The van der Waals surface area contributed by atoms with Gasteiger partial charge >= 0.3 is 11.9 Å². The number of carbonyl (C=O) groups is 3. The van der Waals surface area contributed by atoms with Crippen molar-refractivity contribution < 1.29 is 29.0 Å². The minimum absolute atomic E-state index is 0.0172. The van der Waals surface area contributed by atoms with Gasteiger partial charge in [0.05, 0.1) is 16.1 Å². The minimum Gasteiger partial charge on any atom is -0.478 e. The molecule has 3 rings (SSSR count). The van der Waals surface area contributed by atoms with Gasteiger partial charge in [0.25, 0.3) is 5.91 Å². The highest BCUT2D eigenvalue weighted by molar-refractivity contribution is 6.33. The van der Waals surface area contributed by atoms with E-state index in [1.807, 2.05) is 0 Å². The van der Waals surface area contributed by atoms with Crippen LogP contribution >= 0.6 is 11.6 Å². The van der Waals surface area contributed by atoms with Gasteiger partial charge in [-0.3, -0.25) is 4.79 Å². The molecule has 0 aliphatic carbocycles. The van der Waals surface area contributed by atoms with Crippen molar-refractivity contribution in [1.29, 1.82) is 5.26 Å². The molecule has 3 aromatic rings. The van der Waals surface area contributed by atoms with Gasteiger partial charge in [0, 0.05) is 17.3 Å². The van der Waals surface area contributed by atoms with Crippen molar-refractivity contribution >= 4 is 41.2 Å². The lowest BCUT2D eigenvalue weighted by Gasteiger charge is -2.05. The molecule has 0 unspecified atom stereocenters. The molecule has 0 atom stereocenters. The molecule has 0 saturated heterocycles. The quantitative estimate of drug-likeness (QED) is 0.380. The lowest BCUT2D eigenvalue weighted by Crippen LogP contribution is -2.13. The Bertz CT molecular complexity index is 1270. The third kappa shape index (κ3) is 4.98. The molecule has 31 heavy (non-hydrogen) atoms. The van der Waals surface area contributed by atoms with Crippen LogP contribution in [0.25, 0.3) is 17.4 Å². The number of halogens is 1. The Morgan fingerprint density at radius 2 is 1.71 bits per heavy atom. The van der Waals surface area contributed by atoms with Crippen LogP contribution in [0.5, 0.6) is 0 Å². The molecule has 1 amide bonds. The lowest BCUT2D eigenvalue weighted by atomic mass is 10.1. The zero-order chi connectivity index (χ0) is 22.5. The minimum atomic E-state index is -1.15. The number of nitrogens with one attached hydrogen (secondary N) is 1. The van der Waals surface area contributed by atoms with Crippen LogP contribution in [-0.4, -0.2) is 28.1 Å². The van der Waals surface area contributed by atoms with E-state index in [9.17, 15) is 19.6 Å². The Balaban J connectivity index is 1.85. The monoisotopic (exact) mass is 436 g/mol. The van der Waals surface area contributed by atoms with Crippen molar-refractivity contribution in [3.63, 3.8) is 0 Å². The SMILES string of the molecule is N#C/C(=C/c1ccc(-c2cc(C(=O)O)ccc2Cl)o1)C(=O)Nc1cccc(C(=O)O)c1. The number of carboxylic acid groups (broad SMARTS) is 2. The van der Waals surface area contributed by atoms with Gasteiger partial charge < -0.3 is 19.9 Å². The summed E-state index contributed by atoms with van der Waals surface area (Å²) < 4.78 is 5.61. The number of hydrogen-bond acceptors (Lipinski definition) is 5. The topological polar surface area (TPSA) is 141 Å². The molecule has 8 nitrogen and oxygen atoms in total. The standard InChI is InChI=1S/C22H13ClN2O6/c23-18-6-4-13(22(29)30)10-17(18)19-7-5-16(31-19)9-14(11-24)20(26)25-15-3-1-2-12(8-15)21(27)28/h1-10H,(H,25,26)(H,27,28)(H,29,30)/b14-9-. The zero-order valence-corrected chi connectivity index (χ0v) is 16.4. The van der Waals surface area contributed by atoms with Crippen LogP contribution in [0.3, 0.4) is 0 Å². The predicted molar refractivity (Wildman–Crippen MR) is 112 cm³/mol. The fraction of sp³-hybridized carbons (Fsp3) is 0. The Morgan fingerprint density at radius 3 is 2.39 bits per heavy atom. The molecular formula is C22H13ClN2O6. The largest absolute Gasteiger partial charge is 0.478 e. The average molecular weight is 437 g/mol. The molecule has 0 fully saturated rings. The van der Waals surface area contributed by atoms with Crippen molar-refractivity contribution in [2.75, 3.05) is 5.32 Å². The summed E-state index contributed by atoms with van der Waals surface area (Å²) in [5, 5.41) is 30.2. The zero-order valence-electron chi connectivity index (χ0n) is 15.6. The first kappa shape index (κ1) is 21.4. The first-order valence-corrected chi connectivity index (χ1v) is 9.06. The van der Waals surface area contributed by atoms with E-state index in [1.54, 1.807) is 6.07 Å². The van der Waals surface area contributed by atoms with E-state index >= 15 is 0 Å². The number of rotatable bonds is 6. The summed E-state index contributed by atoms with van der Waals surface area (Å²) in [5.74, 6) is -2.61. The van der Waals surface area contributed by atoms with Crippen molar-refractivity contribution in [3.8, 4) is 17.4 Å². The van der Waals surface area contributed by atoms with Gasteiger partial charge in [0.15, 0.2) is 0 Å². The molecule has 0 bridgehead atoms. The van der Waals surface area contributed by atoms with Gasteiger partial charge in [-0.05, 0) is 48.5 Å². The van der Waals surface area contributed by atoms with Crippen LogP contribution in [-0.2, 0) is 4.79 Å². The number of nitriles is 1. The summed E-state index contributed by atoms with van der Waals surface area (Å²) in [5.41, 5.74) is 0.273. The second-order valence-electron chi connectivity index (χ2n) is 6.21. The molecule has 154 valence electrons. The van der Waals surface area contributed by atoms with Crippen LogP contribution < -0.4 is 5.32 Å². The normalized spacial score (nSPS) is 10.9. The van der Waals surface area contributed by atoms with E-state index < -0.39 is 17.8 Å². The molecule has 1 aromatic heterocycles. The average Bonchev–Trinajstić information content (AvgIpc) is 3.20. The van der Waals surface area contributed by atoms with Crippen molar-refractivity contribution in [2.45, 2.75) is 0 Å². The Kier molecular flexibility index (Phi) is 6.19. The summed E-state index contributed by atoms with van der Waals surface area (Å²) in [7, 11) is 0. The molecular weight excluding hydrogens is 424 g/mol. The highest BCUT2D eigenvalue weighted by atomic mass is 35.5. The van der Waals surface area contributed by atoms with E-state index in [2.05, 4.69) is 5.32 Å². The van der Waals surface area contributed by atoms with Crippen LogP contribution in [0.1, 0.15) is 26.5 Å². The number of furan rings is 1. The summed E-state index contributed by atoms with van der Waals surface area (Å²) in [6, 6.07) is 14.5. The molecule has 3 N–H and O–H groups in total. The molecule has 1 heterocycles. The second-order valence-corrected chi connectivity index (χ2v) is 6.62. The maximum atomic E-state index is 12.4. The summed E-state index contributed by atoms with van der Waals surface area (Å²) in [6.07, 6.45) is 1.20. The molecule has 0 saturated carbocycles. The maximum absolute atomic E-state index is 12.4. The number of amides is 1. The first-order valence-electron chi connectivity index (χ1n) is 8.68. The highest BCUT2D eigenvalue weighted by Gasteiger charge is 2.15. The summed E-state index contributed by atoms with van der Waals surface area (Å²) in [6.45, 7) is 0. The fourth-order valence-corrected chi connectivity index (χ4v) is 2.85. The third-order valence-corrected chi connectivity index (χ3v) is 4.45. The third-order valence-electron chi connectivity index (χ3n) is 4.12. The molecule has 0 radical (unpaired) electrons. The van der Waals surface area contributed by atoms with Crippen LogP contribution in [0.15, 0.2) is 64.6 Å². The van der Waals surface area contributed by atoms with Gasteiger partial charge in [-0.15, -0.1) is 0 Å². The van der Waals surface area contributed by atoms with Crippen molar-refractivity contribution in [3.05, 3.63) is 82.1 Å². The summed E-state index contributed by atoms with van der Waals surface area (Å²) in [4.78, 5) is 34.6. The number of aromatic carboxylic acids is 2. The fourth-order valence-electron chi connectivity index (χ4n) is 2.64. The number of carbonyl (C=O) groups excluding carboxylic acids is 1. The molecule has 9 heteroatoms. The van der Waals surface area contributed by atoms with E-state index in [1.165, 1.54) is 60.7 Å². The van der Waals surface area contributed by atoms with E-state index in [0.717, 1.165) is 0 Å². The number of benzene rings is 2. The highest BCUT2D eigenvalue weighted by Crippen LogP contribution is 2.31. The summed E-state index contributed by atoms with van der Waals surface area (Å²) >= 11 is 6.13. The molecule has 0 spiro atoms. The number of nitrogens with zero attached hydrogens (tertiary/aromatic N) is 1. The van der Waals surface area contributed by atoms with Gasteiger partial charge in [-0.1, -0.05) is 17.7 Å². The smallest absolute Gasteiger partial charge is 0.335 e. The van der Waals surface area contributed by atoms with Crippen molar-refractivity contribution in [1.82, 2.24) is 0 Å². The van der Waals surface area contributed by atoms with Gasteiger partial charge in [-0.25, -0.2) is 9.59 Å². The molecule has 0 aliphatic rings. The van der Waals surface area contributed by atoms with E-state index in [-0.39, 0.29) is 38.9 Å². The molecule has 2 aromatic carbocycles. The maximum Gasteiger partial charge on any atom is 0.335 e. The predicted octanol–water partition coefficient (Wildman–Crippen LogP) is 4.54.